The minimum Gasteiger partial charge on any atom is -0.481 e. The smallest absolute Gasteiger partial charge is 0.321 e. The molecule has 0 radical (unpaired) electrons. The highest BCUT2D eigenvalue weighted by molar-refractivity contribution is 7.89. The lowest BCUT2D eigenvalue weighted by atomic mass is 10.1. The average Bonchev–Trinajstić information content (AvgIpc) is 3.26. The van der Waals surface area contributed by atoms with Gasteiger partial charge in [0.1, 0.15) is 6.04 Å². The lowest BCUT2D eigenvalue weighted by Crippen LogP contribution is -2.41. The van der Waals surface area contributed by atoms with Crippen molar-refractivity contribution in [1.82, 2.24) is 4.72 Å². The van der Waals surface area contributed by atoms with E-state index in [0.29, 0.717) is 0 Å². The molecule has 0 saturated carbocycles. The molecule has 3 rings (SSSR count). The largest absolute Gasteiger partial charge is 0.481 e. The predicted octanol–water partition coefficient (Wildman–Crippen LogP) is 2.55. The van der Waals surface area contributed by atoms with Gasteiger partial charge in [0.15, 0.2) is 0 Å². The van der Waals surface area contributed by atoms with E-state index >= 15 is 0 Å². The van der Waals surface area contributed by atoms with Crippen molar-refractivity contribution in [2.75, 3.05) is 18.0 Å². The van der Waals surface area contributed by atoms with E-state index in [1.165, 1.54) is 30.7 Å². The third-order valence-electron chi connectivity index (χ3n) is 5.08. The standard InChI is InChI=1S/C21H24N2O6S/c24-20(25)12-11-19(21(26)27)22-30(28,29)18-9-5-16(6-10-18)15-3-7-17(8-4-15)23-13-1-2-14-23/h3-10,19,22H,1-2,11-14H2,(H,24,25)(H,26,27)/t19-/m1/s1. The van der Waals surface area contributed by atoms with E-state index in [9.17, 15) is 18.0 Å². The normalized spacial score (nSPS) is 15.1. The Morgan fingerprint density at radius 3 is 1.97 bits per heavy atom. The van der Waals surface area contributed by atoms with Gasteiger partial charge in [-0.25, -0.2) is 8.42 Å². The Kier molecular flexibility index (Phi) is 6.73. The maximum atomic E-state index is 12.5. The zero-order chi connectivity index (χ0) is 21.7. The molecule has 3 N–H and O–H groups in total. The Morgan fingerprint density at radius 2 is 1.47 bits per heavy atom. The molecule has 0 unspecified atom stereocenters. The number of benzene rings is 2. The molecule has 9 heteroatoms. The molecule has 0 amide bonds. The van der Waals surface area contributed by atoms with Crippen LogP contribution in [0.25, 0.3) is 11.1 Å². The molecule has 160 valence electrons. The minimum atomic E-state index is -4.10. The monoisotopic (exact) mass is 432 g/mol. The number of carbonyl (C=O) groups is 2. The quantitative estimate of drug-likeness (QED) is 0.556. The number of hydrogen-bond acceptors (Lipinski definition) is 5. The summed E-state index contributed by atoms with van der Waals surface area (Å²) in [5, 5.41) is 17.9. The first kappa shape index (κ1) is 21.8. The lowest BCUT2D eigenvalue weighted by molar-refractivity contribution is -0.140. The average molecular weight is 432 g/mol. The summed E-state index contributed by atoms with van der Waals surface area (Å²) < 4.78 is 27.1. The fourth-order valence-corrected chi connectivity index (χ4v) is 4.65. The molecule has 1 fully saturated rings. The van der Waals surface area contributed by atoms with Gasteiger partial charge < -0.3 is 15.1 Å². The van der Waals surface area contributed by atoms with Gasteiger partial charge in [-0.1, -0.05) is 24.3 Å². The van der Waals surface area contributed by atoms with Crippen molar-refractivity contribution in [2.24, 2.45) is 0 Å². The van der Waals surface area contributed by atoms with Gasteiger partial charge >= 0.3 is 11.9 Å². The van der Waals surface area contributed by atoms with Gasteiger partial charge in [-0.15, -0.1) is 0 Å². The van der Waals surface area contributed by atoms with Gasteiger partial charge in [0.05, 0.1) is 4.90 Å². The number of anilines is 1. The second kappa shape index (κ2) is 9.27. The fourth-order valence-electron chi connectivity index (χ4n) is 3.42. The lowest BCUT2D eigenvalue weighted by Gasteiger charge is -2.18. The molecular formula is C21H24N2O6S. The zero-order valence-electron chi connectivity index (χ0n) is 16.3. The highest BCUT2D eigenvalue weighted by atomic mass is 32.2. The number of nitrogens with one attached hydrogen (secondary N) is 1. The summed E-state index contributed by atoms with van der Waals surface area (Å²) in [5.41, 5.74) is 2.95. The van der Waals surface area contributed by atoms with Crippen LogP contribution in [0.15, 0.2) is 53.4 Å². The molecule has 1 aliphatic rings. The summed E-state index contributed by atoms with van der Waals surface area (Å²) >= 11 is 0. The first-order valence-corrected chi connectivity index (χ1v) is 11.2. The molecule has 2 aromatic rings. The molecule has 1 aliphatic heterocycles. The molecule has 8 nitrogen and oxygen atoms in total. The van der Waals surface area contributed by atoms with Crippen LogP contribution < -0.4 is 9.62 Å². The second-order valence-electron chi connectivity index (χ2n) is 7.21. The van der Waals surface area contributed by atoms with E-state index in [2.05, 4.69) is 9.62 Å². The van der Waals surface area contributed by atoms with Gasteiger partial charge in [-0.3, -0.25) is 9.59 Å². The summed E-state index contributed by atoms with van der Waals surface area (Å²) in [5.74, 6) is -2.62. The van der Waals surface area contributed by atoms with Gasteiger partial charge in [-0.05, 0) is 54.7 Å². The molecule has 1 saturated heterocycles. The Morgan fingerprint density at radius 1 is 0.933 bits per heavy atom. The van der Waals surface area contributed by atoms with E-state index < -0.39 is 34.4 Å². The summed E-state index contributed by atoms with van der Waals surface area (Å²) in [6, 6.07) is 12.7. The van der Waals surface area contributed by atoms with Crippen LogP contribution in [0.1, 0.15) is 25.7 Å². The fraction of sp³-hybridized carbons (Fsp3) is 0.333. The van der Waals surface area contributed by atoms with Crippen molar-refractivity contribution >= 4 is 27.6 Å². The maximum absolute atomic E-state index is 12.5. The van der Waals surface area contributed by atoms with E-state index in [1.807, 2.05) is 24.3 Å². The van der Waals surface area contributed by atoms with Crippen LogP contribution in [0.3, 0.4) is 0 Å². The van der Waals surface area contributed by atoms with E-state index in [1.54, 1.807) is 12.1 Å². The van der Waals surface area contributed by atoms with Crippen molar-refractivity contribution in [2.45, 2.75) is 36.6 Å². The summed E-state index contributed by atoms with van der Waals surface area (Å²) in [7, 11) is -4.10. The van der Waals surface area contributed by atoms with Gasteiger partial charge in [0.2, 0.25) is 10.0 Å². The van der Waals surface area contributed by atoms with Crippen molar-refractivity contribution in [3.8, 4) is 11.1 Å². The Bertz CT molecular complexity index is 997. The molecule has 1 heterocycles. The molecule has 1 atom stereocenters. The van der Waals surface area contributed by atoms with Crippen LogP contribution >= 0.6 is 0 Å². The highest BCUT2D eigenvalue weighted by Gasteiger charge is 2.26. The van der Waals surface area contributed by atoms with Crippen molar-refractivity contribution in [1.29, 1.82) is 0 Å². The number of hydrogen-bond donors (Lipinski definition) is 3. The van der Waals surface area contributed by atoms with Gasteiger partial charge in [0, 0.05) is 25.2 Å². The first-order chi connectivity index (χ1) is 14.3. The van der Waals surface area contributed by atoms with Crippen molar-refractivity contribution < 1.29 is 28.2 Å². The Balaban J connectivity index is 1.72. The number of sulfonamides is 1. The number of rotatable bonds is 9. The minimum absolute atomic E-state index is 0.0819. The van der Waals surface area contributed by atoms with Gasteiger partial charge in [0.25, 0.3) is 0 Å². The van der Waals surface area contributed by atoms with Crippen LogP contribution in [-0.2, 0) is 19.6 Å². The number of carboxylic acids is 2. The Hall–Kier alpha value is -2.91. The molecule has 0 bridgehead atoms. The highest BCUT2D eigenvalue weighted by Crippen LogP contribution is 2.26. The maximum Gasteiger partial charge on any atom is 0.321 e. The van der Waals surface area contributed by atoms with Crippen LogP contribution in [0, 0.1) is 0 Å². The summed E-state index contributed by atoms with van der Waals surface area (Å²) in [6.45, 7) is 2.12. The molecule has 0 aromatic heterocycles. The SMILES string of the molecule is O=C(O)CC[C@@H](NS(=O)(=O)c1ccc(-c2ccc(N3CCCC3)cc2)cc1)C(=O)O. The number of aliphatic carboxylic acids is 2. The zero-order valence-corrected chi connectivity index (χ0v) is 17.1. The molecular weight excluding hydrogens is 408 g/mol. The molecule has 2 aromatic carbocycles. The van der Waals surface area contributed by atoms with E-state index in [0.717, 1.165) is 24.2 Å². The molecule has 0 spiro atoms. The number of carboxylic acid groups (broad SMARTS) is 2. The summed E-state index contributed by atoms with van der Waals surface area (Å²) in [6.07, 6.45) is 1.60. The van der Waals surface area contributed by atoms with Crippen LogP contribution in [0.4, 0.5) is 5.69 Å². The molecule has 0 aliphatic carbocycles. The third-order valence-corrected chi connectivity index (χ3v) is 6.57. The van der Waals surface area contributed by atoms with Crippen LogP contribution in [-0.4, -0.2) is 49.7 Å². The van der Waals surface area contributed by atoms with Crippen molar-refractivity contribution in [3.05, 3.63) is 48.5 Å². The second-order valence-corrected chi connectivity index (χ2v) is 8.92. The van der Waals surface area contributed by atoms with Gasteiger partial charge in [-0.2, -0.15) is 4.72 Å². The van der Waals surface area contributed by atoms with Crippen molar-refractivity contribution in [3.63, 3.8) is 0 Å². The van der Waals surface area contributed by atoms with Crippen LogP contribution in [0.5, 0.6) is 0 Å². The first-order valence-electron chi connectivity index (χ1n) is 9.68. The Labute approximate surface area is 175 Å². The topological polar surface area (TPSA) is 124 Å². The number of nitrogens with zero attached hydrogens (tertiary/aromatic N) is 1. The van der Waals surface area contributed by atoms with Crippen LogP contribution in [0.2, 0.25) is 0 Å². The van der Waals surface area contributed by atoms with E-state index in [-0.39, 0.29) is 11.3 Å². The molecule has 30 heavy (non-hydrogen) atoms. The predicted molar refractivity (Wildman–Crippen MR) is 112 cm³/mol. The summed E-state index contributed by atoms with van der Waals surface area (Å²) in [4.78, 5) is 24.2. The van der Waals surface area contributed by atoms with E-state index in [4.69, 9.17) is 10.2 Å². The third kappa shape index (κ3) is 5.37.